The third-order valence-corrected chi connectivity index (χ3v) is 22.1. The maximum Gasteiger partial charge on any atom is 0.293 e. The van der Waals surface area contributed by atoms with E-state index in [1.165, 1.54) is 12.1 Å². The number of halogens is 3. The summed E-state index contributed by atoms with van der Waals surface area (Å²) < 4.78 is 65.9. The Balaban J connectivity index is 0.000000207. The van der Waals surface area contributed by atoms with Gasteiger partial charge in [-0.1, -0.05) is 133 Å². The number of rotatable bonds is 41. The molecule has 3 aliphatic heterocycles. The zero-order valence-corrected chi connectivity index (χ0v) is 76.2. The number of anilines is 12. The predicted molar refractivity (Wildman–Crippen MR) is 500 cm³/mol. The summed E-state index contributed by atoms with van der Waals surface area (Å²) >= 11 is 6.08. The van der Waals surface area contributed by atoms with E-state index < -0.39 is 17.7 Å². The first-order valence-corrected chi connectivity index (χ1v) is 44.7. The van der Waals surface area contributed by atoms with Crippen molar-refractivity contribution in [2.24, 2.45) is 29.6 Å². The third kappa shape index (κ3) is 31.0. The van der Waals surface area contributed by atoms with Crippen molar-refractivity contribution in [2.75, 3.05) is 113 Å². The van der Waals surface area contributed by atoms with E-state index in [1.807, 2.05) is 100 Å². The summed E-state index contributed by atoms with van der Waals surface area (Å²) in [5, 5.41) is 32.7. The molecule has 0 amide bonds. The van der Waals surface area contributed by atoms with Crippen LogP contribution in [-0.4, -0.2) is 116 Å². The van der Waals surface area contributed by atoms with Crippen LogP contribution in [0.15, 0.2) is 164 Å². The lowest BCUT2D eigenvalue weighted by atomic mass is 10.0. The molecule has 672 valence electrons. The van der Waals surface area contributed by atoms with Gasteiger partial charge in [0.15, 0.2) is 0 Å². The standard InChI is InChI=1S/C26H33N3O3.C25H33ClN2O3.C25H32F2N2O3.C25H33N3O2/c1-4-26(32-18-30)21-7-10-25(29(17-19(2)3)23-11-13-31-14-12-23)24(15-21)28-22-8-5-20(16-27)6-9-22;1-4-25(31-17-29)19-5-10-24(23(15-19)27-21-8-6-20(26)7-9-21)28(16-18(2)3)22-11-13-30-14-12-22;1-4-25(32-16-30)18-5-8-24(29(15-17(2)3)20-9-11-31-12-10-20)23(13-18)28-22-7-6-19(26)14-21(22)27;1-6-25(30-17-29)21-9-12-24(28(15-18(2)3)16-19(4)5)23(13-21)27-22-10-7-20(14-26)8-11-22/h5-10,15,18-19,23,26,28H,4,11-14,17H2,1-3H3;5-10,15,17-18,22,25,27H,4,11-14,16H2,1-3H3;5-8,13-14,16-17,20,25,28H,4,9-12,15H2,1-3H3;7-13,17-19,25,27H,6,15-16H2,1-5H3. The Hall–Kier alpha value is -11.0. The highest BCUT2D eigenvalue weighted by molar-refractivity contribution is 6.30. The number of hydrogen-bond acceptors (Lipinski definition) is 21. The van der Waals surface area contributed by atoms with Gasteiger partial charge >= 0.3 is 0 Å². The Morgan fingerprint density at radius 3 is 0.928 bits per heavy atom. The molecule has 8 aromatic carbocycles. The fourth-order valence-electron chi connectivity index (χ4n) is 16.0. The Morgan fingerprint density at radius 2 is 0.656 bits per heavy atom. The average Bonchev–Trinajstić information content (AvgIpc) is 0.807. The lowest BCUT2D eigenvalue weighted by Crippen LogP contribution is -2.42. The summed E-state index contributed by atoms with van der Waals surface area (Å²) in [5.41, 5.74) is 15.9. The number of carbonyl (C=O) groups is 4. The average molecular weight is 1730 g/mol. The molecule has 8 aromatic rings. The number of nitriles is 2. The van der Waals surface area contributed by atoms with Crippen molar-refractivity contribution in [1.82, 2.24) is 0 Å². The van der Waals surface area contributed by atoms with E-state index in [1.54, 1.807) is 24.3 Å². The molecule has 0 radical (unpaired) electrons. The van der Waals surface area contributed by atoms with Crippen molar-refractivity contribution in [1.29, 1.82) is 10.5 Å². The van der Waals surface area contributed by atoms with Gasteiger partial charge in [0.05, 0.1) is 74.5 Å². The van der Waals surface area contributed by atoms with E-state index >= 15 is 0 Å². The van der Waals surface area contributed by atoms with Gasteiger partial charge in [-0.05, 0) is 250 Å². The molecule has 0 aromatic heterocycles. The minimum absolute atomic E-state index is 0.186. The molecule has 24 heteroatoms. The quantitative estimate of drug-likeness (QED) is 0.0206. The first kappa shape index (κ1) is 99.5. The molecule has 3 heterocycles. The molecule has 3 saturated heterocycles. The molecule has 4 N–H and O–H groups in total. The normalized spacial score (nSPS) is 14.5. The molecule has 125 heavy (non-hydrogen) atoms. The van der Waals surface area contributed by atoms with Crippen molar-refractivity contribution in [3.8, 4) is 12.1 Å². The predicted octanol–water partition coefficient (Wildman–Crippen LogP) is 23.9. The number of benzene rings is 8. The summed E-state index contributed by atoms with van der Waals surface area (Å²) in [6.07, 6.45) is 7.34. The molecule has 21 nitrogen and oxygen atoms in total. The minimum atomic E-state index is -0.668. The first-order chi connectivity index (χ1) is 60.4. The molecule has 4 unspecified atom stereocenters. The molecule has 0 spiro atoms. The highest BCUT2D eigenvalue weighted by Crippen LogP contribution is 2.42. The van der Waals surface area contributed by atoms with E-state index in [4.69, 9.17) is 55.3 Å². The second-order valence-electron chi connectivity index (χ2n) is 34.0. The van der Waals surface area contributed by atoms with Crippen LogP contribution in [0.1, 0.15) is 219 Å². The van der Waals surface area contributed by atoms with Crippen molar-refractivity contribution in [2.45, 2.75) is 204 Å². The number of carbonyl (C=O) groups excluding carboxylic acids is 4. The molecule has 3 aliphatic rings. The number of nitrogens with one attached hydrogen (secondary N) is 4. The largest absolute Gasteiger partial charge is 0.460 e. The Morgan fingerprint density at radius 1 is 0.376 bits per heavy atom. The monoisotopic (exact) mass is 1730 g/mol. The SMILES string of the molecule is CCC(OC=O)c1ccc(N(CC(C)C)C2CCOCC2)c(Nc2ccc(C#N)cc2)c1.CCC(OC=O)c1ccc(N(CC(C)C)C2CCOCC2)c(Nc2ccc(Cl)cc2)c1.CCC(OC=O)c1ccc(N(CC(C)C)C2CCOCC2)c(Nc2ccc(F)cc2F)c1.CCC(OC=O)c1ccc(N(CC(C)C)CC(C)C)c(Nc2ccc(C#N)cc2)c1. The van der Waals surface area contributed by atoms with Crippen LogP contribution in [0.25, 0.3) is 0 Å². The fourth-order valence-corrected chi connectivity index (χ4v) is 16.1. The second-order valence-corrected chi connectivity index (χ2v) is 34.4. The molecular formula is C101H131ClF2N10O11. The van der Waals surface area contributed by atoms with Crippen LogP contribution in [-0.2, 0) is 52.3 Å². The number of hydrogen-bond donors (Lipinski definition) is 4. The van der Waals surface area contributed by atoms with Crippen LogP contribution >= 0.6 is 11.6 Å². The van der Waals surface area contributed by atoms with Crippen molar-refractivity contribution >= 4 is 106 Å². The van der Waals surface area contributed by atoms with Crippen LogP contribution in [0.4, 0.5) is 77.0 Å². The van der Waals surface area contributed by atoms with Crippen LogP contribution in [0.3, 0.4) is 0 Å². The summed E-state index contributed by atoms with van der Waals surface area (Å²) in [7, 11) is 0. The lowest BCUT2D eigenvalue weighted by molar-refractivity contribution is -0.134. The second kappa shape index (κ2) is 52.1. The third-order valence-electron chi connectivity index (χ3n) is 21.9. The number of nitrogens with zero attached hydrogens (tertiary/aromatic N) is 6. The van der Waals surface area contributed by atoms with E-state index in [9.17, 15) is 28.0 Å². The van der Waals surface area contributed by atoms with Gasteiger partial charge < -0.3 is 74.0 Å². The van der Waals surface area contributed by atoms with Gasteiger partial charge in [0, 0.05) is 119 Å². The van der Waals surface area contributed by atoms with Gasteiger partial charge in [0.2, 0.25) is 0 Å². The Labute approximate surface area is 745 Å². The smallest absolute Gasteiger partial charge is 0.293 e. The fraction of sp³-hybridized carbons (Fsp3) is 0.465. The highest BCUT2D eigenvalue weighted by atomic mass is 35.5. The zero-order chi connectivity index (χ0) is 90.3. The van der Waals surface area contributed by atoms with Crippen LogP contribution in [0, 0.1) is 63.9 Å². The van der Waals surface area contributed by atoms with Gasteiger partial charge in [-0.15, -0.1) is 0 Å². The van der Waals surface area contributed by atoms with Gasteiger partial charge in [-0.25, -0.2) is 8.78 Å². The van der Waals surface area contributed by atoms with Gasteiger partial charge in [0.1, 0.15) is 36.1 Å². The first-order valence-electron chi connectivity index (χ1n) is 44.4. The molecule has 0 saturated carbocycles. The number of ether oxygens (including phenoxy) is 7. The Kier molecular flexibility index (Phi) is 41.5. The van der Waals surface area contributed by atoms with E-state index in [2.05, 4.69) is 171 Å². The van der Waals surface area contributed by atoms with Gasteiger partial charge in [0.25, 0.3) is 25.9 Å². The highest BCUT2D eigenvalue weighted by Gasteiger charge is 2.31. The summed E-state index contributed by atoms with van der Waals surface area (Å²) in [6, 6.07) is 56.2. The molecule has 3 fully saturated rings. The topological polar surface area (TPSA) is 242 Å². The summed E-state index contributed by atoms with van der Waals surface area (Å²) in [5.74, 6) is 1.18. The maximum atomic E-state index is 14.5. The zero-order valence-electron chi connectivity index (χ0n) is 75.5. The van der Waals surface area contributed by atoms with Crippen LogP contribution < -0.4 is 40.9 Å². The molecule has 4 atom stereocenters. The lowest BCUT2D eigenvalue weighted by Gasteiger charge is -2.38. The Bertz CT molecular complexity index is 4670. The molecule has 0 aliphatic carbocycles. The molecule has 0 bridgehead atoms. The van der Waals surface area contributed by atoms with Crippen molar-refractivity contribution in [3.05, 3.63) is 214 Å². The molecule has 11 rings (SSSR count). The van der Waals surface area contributed by atoms with Gasteiger partial charge in [-0.3, -0.25) is 19.2 Å². The summed E-state index contributed by atoms with van der Waals surface area (Å²) in [6.45, 7) is 41.3. The van der Waals surface area contributed by atoms with Crippen molar-refractivity contribution in [3.63, 3.8) is 0 Å². The van der Waals surface area contributed by atoms with E-state index in [0.717, 1.165) is 183 Å². The van der Waals surface area contributed by atoms with Gasteiger partial charge in [-0.2, -0.15) is 10.5 Å². The van der Waals surface area contributed by atoms with Crippen molar-refractivity contribution < 1.29 is 61.1 Å². The maximum absolute atomic E-state index is 14.5. The van der Waals surface area contributed by atoms with Crippen LogP contribution in [0.5, 0.6) is 0 Å². The minimum Gasteiger partial charge on any atom is -0.460 e. The summed E-state index contributed by atoms with van der Waals surface area (Å²) in [4.78, 5) is 53.6. The van der Waals surface area contributed by atoms with Crippen LogP contribution in [0.2, 0.25) is 5.02 Å². The van der Waals surface area contributed by atoms with E-state index in [0.29, 0.717) is 134 Å². The van der Waals surface area contributed by atoms with E-state index in [-0.39, 0.29) is 24.0 Å². The molecular weight excluding hydrogens is 1600 g/mol.